The summed E-state index contributed by atoms with van der Waals surface area (Å²) in [6.45, 7) is 3.67. The second-order valence-electron chi connectivity index (χ2n) is 8.25. The number of aromatic nitrogens is 1. The zero-order valence-corrected chi connectivity index (χ0v) is 20.4. The number of carbonyl (C=O) groups is 1. The van der Waals surface area contributed by atoms with E-state index in [4.69, 9.17) is 22.1 Å². The predicted octanol–water partition coefficient (Wildman–Crippen LogP) is 3.98. The molecule has 176 valence electrons. The molecule has 1 aromatic carbocycles. The third-order valence-corrected chi connectivity index (χ3v) is 6.69. The molecule has 0 bridgehead atoms. The van der Waals surface area contributed by atoms with Crippen molar-refractivity contribution in [1.29, 1.82) is 0 Å². The molecule has 3 N–H and O–H groups in total. The fourth-order valence-electron chi connectivity index (χ4n) is 4.51. The van der Waals surface area contributed by atoms with Crippen LogP contribution in [0, 0.1) is 0 Å². The second-order valence-corrected chi connectivity index (χ2v) is 8.68. The van der Waals surface area contributed by atoms with Crippen LogP contribution in [0.25, 0.3) is 0 Å². The van der Waals surface area contributed by atoms with Gasteiger partial charge in [0.15, 0.2) is 0 Å². The molecule has 1 amide bonds. The van der Waals surface area contributed by atoms with Crippen LogP contribution in [0.15, 0.2) is 42.6 Å². The largest absolute Gasteiger partial charge is 0.378 e. The molecule has 1 aliphatic carbocycles. The normalized spacial score (nSPS) is 22.9. The Kier molecular flexibility index (Phi) is 10.0. The predicted molar refractivity (Wildman–Crippen MR) is 134 cm³/mol. The van der Waals surface area contributed by atoms with Gasteiger partial charge in [0.2, 0.25) is 0 Å². The van der Waals surface area contributed by atoms with Crippen molar-refractivity contribution < 1.29 is 9.53 Å². The van der Waals surface area contributed by atoms with Crippen LogP contribution in [0.3, 0.4) is 0 Å². The van der Waals surface area contributed by atoms with E-state index in [0.29, 0.717) is 25.3 Å². The van der Waals surface area contributed by atoms with E-state index in [1.54, 1.807) is 6.20 Å². The Morgan fingerprint density at radius 1 is 1.19 bits per heavy atom. The highest BCUT2D eigenvalue weighted by atomic mass is 35.5. The van der Waals surface area contributed by atoms with Crippen molar-refractivity contribution in [3.8, 4) is 0 Å². The van der Waals surface area contributed by atoms with Crippen molar-refractivity contribution >= 4 is 48.1 Å². The average molecular weight is 502 g/mol. The van der Waals surface area contributed by atoms with Crippen molar-refractivity contribution in [2.24, 2.45) is 5.73 Å². The molecule has 0 radical (unpaired) electrons. The summed E-state index contributed by atoms with van der Waals surface area (Å²) >= 11 is 6.20. The summed E-state index contributed by atoms with van der Waals surface area (Å²) in [4.78, 5) is 19.4. The van der Waals surface area contributed by atoms with E-state index < -0.39 is 0 Å². The van der Waals surface area contributed by atoms with Crippen molar-refractivity contribution in [1.82, 2.24) is 10.3 Å². The van der Waals surface area contributed by atoms with E-state index in [-0.39, 0.29) is 42.2 Å². The first-order valence-corrected chi connectivity index (χ1v) is 11.0. The summed E-state index contributed by atoms with van der Waals surface area (Å²) in [6.07, 6.45) is 5.33. The molecular weight excluding hydrogens is 471 g/mol. The highest BCUT2D eigenvalue weighted by molar-refractivity contribution is 6.30. The first-order valence-electron chi connectivity index (χ1n) is 10.7. The number of nitrogens with two attached hydrogens (primary N) is 1. The molecule has 32 heavy (non-hydrogen) atoms. The van der Waals surface area contributed by atoms with Crippen LogP contribution in [0.5, 0.6) is 0 Å². The van der Waals surface area contributed by atoms with Gasteiger partial charge in [-0.1, -0.05) is 23.7 Å². The number of amides is 1. The van der Waals surface area contributed by atoms with Crippen molar-refractivity contribution in [3.63, 3.8) is 0 Å². The summed E-state index contributed by atoms with van der Waals surface area (Å²) in [7, 11) is 0. The summed E-state index contributed by atoms with van der Waals surface area (Å²) in [5.41, 5.74) is 7.92. The van der Waals surface area contributed by atoms with Crippen molar-refractivity contribution in [2.75, 3.05) is 37.7 Å². The summed E-state index contributed by atoms with van der Waals surface area (Å²) in [6, 6.07) is 11.9. The van der Waals surface area contributed by atoms with Crippen molar-refractivity contribution in [3.05, 3.63) is 58.7 Å². The number of nitrogens with one attached hydrogen (secondary N) is 1. The smallest absolute Gasteiger partial charge is 0.253 e. The minimum Gasteiger partial charge on any atom is -0.378 e. The topological polar surface area (TPSA) is 80.5 Å². The first kappa shape index (κ1) is 26.7. The Balaban J connectivity index is 0.00000181. The molecule has 0 spiro atoms. The third-order valence-electron chi connectivity index (χ3n) is 6.45. The lowest BCUT2D eigenvalue weighted by atomic mass is 9.68. The van der Waals surface area contributed by atoms with E-state index in [2.05, 4.69) is 21.3 Å². The van der Waals surface area contributed by atoms with Gasteiger partial charge in [0, 0.05) is 42.3 Å². The van der Waals surface area contributed by atoms with Gasteiger partial charge in [-0.15, -0.1) is 24.8 Å². The van der Waals surface area contributed by atoms with Crippen LogP contribution in [-0.2, 0) is 10.2 Å². The lowest BCUT2D eigenvalue weighted by Crippen LogP contribution is -2.45. The maximum Gasteiger partial charge on any atom is 0.253 e. The van der Waals surface area contributed by atoms with Gasteiger partial charge in [-0.05, 0) is 55.5 Å². The Morgan fingerprint density at radius 2 is 1.91 bits per heavy atom. The fraction of sp³-hybridized carbons (Fsp3) is 0.478. The van der Waals surface area contributed by atoms with E-state index in [1.165, 1.54) is 5.56 Å². The number of carbonyl (C=O) groups excluding carboxylic acids is 1. The van der Waals surface area contributed by atoms with Gasteiger partial charge in [-0.2, -0.15) is 0 Å². The van der Waals surface area contributed by atoms with Crippen LogP contribution in [0.2, 0.25) is 5.02 Å². The standard InChI is InChI=1S/C23H29ClN4O2.2ClH/c24-19-3-1-2-18(14-19)23(16-25)8-6-20(7-9-23)27-22(29)17-4-5-21(26-15-17)28-10-12-30-13-11-28;;/h1-5,14-15,20H,6-13,16,25H2,(H,27,29);2*1H. The number of halogens is 3. The van der Waals surface area contributed by atoms with Crippen LogP contribution in [0.1, 0.15) is 41.6 Å². The summed E-state index contributed by atoms with van der Waals surface area (Å²) in [5.74, 6) is 0.825. The minimum absolute atomic E-state index is 0. The van der Waals surface area contributed by atoms with Gasteiger partial charge in [0.25, 0.3) is 5.91 Å². The molecular formula is C23H31Cl3N4O2. The summed E-state index contributed by atoms with van der Waals surface area (Å²) < 4.78 is 5.38. The highest BCUT2D eigenvalue weighted by Crippen LogP contribution is 2.39. The number of benzene rings is 1. The highest BCUT2D eigenvalue weighted by Gasteiger charge is 2.36. The number of nitrogens with zero attached hydrogens (tertiary/aromatic N) is 2. The van der Waals surface area contributed by atoms with Gasteiger partial charge in [-0.25, -0.2) is 4.98 Å². The molecule has 0 unspecified atom stereocenters. The lowest BCUT2D eigenvalue weighted by molar-refractivity contribution is 0.0917. The second kappa shape index (κ2) is 12.1. The summed E-state index contributed by atoms with van der Waals surface area (Å²) in [5, 5.41) is 3.92. The average Bonchev–Trinajstić information content (AvgIpc) is 2.80. The maximum absolute atomic E-state index is 12.7. The molecule has 1 saturated carbocycles. The molecule has 2 heterocycles. The van der Waals surface area contributed by atoms with E-state index >= 15 is 0 Å². The zero-order valence-electron chi connectivity index (χ0n) is 18.0. The number of ether oxygens (including phenoxy) is 1. The molecule has 0 atom stereocenters. The SMILES string of the molecule is Cl.Cl.NCC1(c2cccc(Cl)c2)CCC(NC(=O)c2ccc(N3CCOCC3)nc2)CC1. The maximum atomic E-state index is 12.7. The first-order chi connectivity index (χ1) is 14.6. The van der Waals surface area contributed by atoms with E-state index in [1.807, 2.05) is 30.3 Å². The Labute approximate surface area is 207 Å². The fourth-order valence-corrected chi connectivity index (χ4v) is 4.70. The molecule has 2 fully saturated rings. The van der Waals surface area contributed by atoms with Crippen LogP contribution >= 0.6 is 36.4 Å². The number of hydrogen-bond donors (Lipinski definition) is 2. The molecule has 9 heteroatoms. The van der Waals surface area contributed by atoms with Gasteiger partial charge in [0.05, 0.1) is 18.8 Å². The molecule has 2 aromatic rings. The minimum atomic E-state index is -0.0657. The van der Waals surface area contributed by atoms with Crippen molar-refractivity contribution in [2.45, 2.75) is 37.1 Å². The Morgan fingerprint density at radius 3 is 2.50 bits per heavy atom. The lowest BCUT2D eigenvalue weighted by Gasteiger charge is -2.40. The van der Waals surface area contributed by atoms with Crippen LogP contribution < -0.4 is 16.0 Å². The van der Waals surface area contributed by atoms with Crippen LogP contribution in [0.4, 0.5) is 5.82 Å². The quantitative estimate of drug-likeness (QED) is 0.648. The number of rotatable bonds is 5. The number of morpholine rings is 1. The number of anilines is 1. The molecule has 6 nitrogen and oxygen atoms in total. The molecule has 1 aliphatic heterocycles. The Hall–Kier alpha value is -1.57. The Bertz CT molecular complexity index is 868. The molecule has 4 rings (SSSR count). The third kappa shape index (κ3) is 6.06. The van der Waals surface area contributed by atoms with Crippen LogP contribution in [-0.4, -0.2) is 49.8 Å². The van der Waals surface area contributed by atoms with E-state index in [0.717, 1.165) is 49.6 Å². The van der Waals surface area contributed by atoms with Gasteiger partial charge >= 0.3 is 0 Å². The van der Waals surface area contributed by atoms with E-state index in [9.17, 15) is 4.79 Å². The van der Waals surface area contributed by atoms with Gasteiger partial charge in [-0.3, -0.25) is 4.79 Å². The molecule has 2 aliphatic rings. The molecule has 1 saturated heterocycles. The monoisotopic (exact) mass is 500 g/mol. The number of hydrogen-bond acceptors (Lipinski definition) is 5. The number of pyridine rings is 1. The van der Waals surface area contributed by atoms with Gasteiger partial charge in [0.1, 0.15) is 5.82 Å². The molecule has 1 aromatic heterocycles. The van der Waals surface area contributed by atoms with Gasteiger partial charge < -0.3 is 20.7 Å². The zero-order chi connectivity index (χ0) is 21.0.